The Kier molecular flexibility index (Phi) is 5.94. The van der Waals surface area contributed by atoms with Crippen molar-refractivity contribution in [2.45, 2.75) is 0 Å². The molecule has 0 aromatic heterocycles. The molecule has 1 N–H and O–H groups in total. The van der Waals surface area contributed by atoms with Gasteiger partial charge < -0.3 is 5.32 Å². The van der Waals surface area contributed by atoms with Gasteiger partial charge in [-0.25, -0.2) is 0 Å². The summed E-state index contributed by atoms with van der Waals surface area (Å²) in [6.45, 7) is 2.26. The molecule has 16 heavy (non-hydrogen) atoms. The quantitative estimate of drug-likeness (QED) is 0.635. The van der Waals surface area contributed by atoms with Gasteiger partial charge in [0.25, 0.3) is 0 Å². The van der Waals surface area contributed by atoms with Crippen molar-refractivity contribution < 1.29 is 4.79 Å². The first-order valence-electron chi connectivity index (χ1n) is 5.25. The summed E-state index contributed by atoms with van der Waals surface area (Å²) in [5.74, 6) is 0.176. The van der Waals surface area contributed by atoms with Gasteiger partial charge in [-0.15, -0.1) is 0 Å². The van der Waals surface area contributed by atoms with E-state index < -0.39 is 0 Å². The van der Waals surface area contributed by atoms with Crippen LogP contribution in [0.15, 0.2) is 24.3 Å². The SMILES string of the molecule is CNCCN(C)CC(=O)c1ccc(I)cc1. The Hall–Kier alpha value is -0.460. The van der Waals surface area contributed by atoms with Crippen LogP contribution >= 0.6 is 22.6 Å². The molecule has 0 spiro atoms. The van der Waals surface area contributed by atoms with E-state index in [4.69, 9.17) is 0 Å². The van der Waals surface area contributed by atoms with Crippen LogP contribution in [0.4, 0.5) is 0 Å². The van der Waals surface area contributed by atoms with E-state index in [0.29, 0.717) is 6.54 Å². The number of likely N-dealkylation sites (N-methyl/N-ethyl adjacent to an activating group) is 2. The molecule has 1 aromatic carbocycles. The number of nitrogens with zero attached hydrogens (tertiary/aromatic N) is 1. The van der Waals surface area contributed by atoms with Crippen LogP contribution in [0.25, 0.3) is 0 Å². The third-order valence-electron chi connectivity index (χ3n) is 2.32. The van der Waals surface area contributed by atoms with Gasteiger partial charge in [0, 0.05) is 22.2 Å². The van der Waals surface area contributed by atoms with Gasteiger partial charge >= 0.3 is 0 Å². The zero-order valence-electron chi connectivity index (χ0n) is 9.66. The van der Waals surface area contributed by atoms with Gasteiger partial charge in [0.15, 0.2) is 5.78 Å². The molecule has 0 atom stereocenters. The van der Waals surface area contributed by atoms with Crippen LogP contribution in [0.5, 0.6) is 0 Å². The molecule has 0 bridgehead atoms. The number of benzene rings is 1. The molecule has 0 aliphatic rings. The van der Waals surface area contributed by atoms with Crippen molar-refractivity contribution in [1.82, 2.24) is 10.2 Å². The molecule has 0 unspecified atom stereocenters. The molecule has 0 amide bonds. The van der Waals surface area contributed by atoms with Crippen molar-refractivity contribution in [3.63, 3.8) is 0 Å². The van der Waals surface area contributed by atoms with Gasteiger partial charge in [0.1, 0.15) is 0 Å². The molecule has 0 heterocycles. The lowest BCUT2D eigenvalue weighted by Gasteiger charge is -2.15. The van der Waals surface area contributed by atoms with E-state index in [1.54, 1.807) is 0 Å². The minimum atomic E-state index is 0.176. The number of carbonyl (C=O) groups excluding carboxylic acids is 1. The second-order valence-electron chi connectivity index (χ2n) is 3.77. The second kappa shape index (κ2) is 6.98. The minimum absolute atomic E-state index is 0.176. The lowest BCUT2D eigenvalue weighted by molar-refractivity contribution is 0.0947. The summed E-state index contributed by atoms with van der Waals surface area (Å²) in [6, 6.07) is 7.69. The van der Waals surface area contributed by atoms with Crippen LogP contribution in [-0.4, -0.2) is 44.4 Å². The number of halogens is 1. The van der Waals surface area contributed by atoms with E-state index >= 15 is 0 Å². The monoisotopic (exact) mass is 332 g/mol. The smallest absolute Gasteiger partial charge is 0.176 e. The van der Waals surface area contributed by atoms with Crippen molar-refractivity contribution >= 4 is 28.4 Å². The zero-order chi connectivity index (χ0) is 12.0. The number of nitrogens with one attached hydrogen (secondary N) is 1. The molecule has 0 saturated heterocycles. The first kappa shape index (κ1) is 13.6. The standard InChI is InChI=1S/C12H17IN2O/c1-14-7-8-15(2)9-12(16)10-3-5-11(13)6-4-10/h3-6,14H,7-9H2,1-2H3. The fourth-order valence-electron chi connectivity index (χ4n) is 1.35. The van der Waals surface area contributed by atoms with E-state index in [1.165, 1.54) is 0 Å². The van der Waals surface area contributed by atoms with Crippen LogP contribution in [0.2, 0.25) is 0 Å². The van der Waals surface area contributed by atoms with Crippen LogP contribution in [0, 0.1) is 3.57 Å². The summed E-state index contributed by atoms with van der Waals surface area (Å²) >= 11 is 2.23. The molecule has 4 heteroatoms. The maximum absolute atomic E-state index is 11.9. The highest BCUT2D eigenvalue weighted by molar-refractivity contribution is 14.1. The van der Waals surface area contributed by atoms with Crippen LogP contribution < -0.4 is 5.32 Å². The average molecular weight is 332 g/mol. The summed E-state index contributed by atoms with van der Waals surface area (Å²) in [7, 11) is 3.87. The summed E-state index contributed by atoms with van der Waals surface area (Å²) in [5.41, 5.74) is 0.789. The minimum Gasteiger partial charge on any atom is -0.318 e. The molecular weight excluding hydrogens is 315 g/mol. The highest BCUT2D eigenvalue weighted by atomic mass is 127. The Bertz CT molecular complexity index is 337. The molecular formula is C12H17IN2O. The molecule has 0 fully saturated rings. The van der Waals surface area contributed by atoms with Crippen molar-refractivity contribution in [2.75, 3.05) is 33.7 Å². The molecule has 1 aromatic rings. The average Bonchev–Trinajstić information content (AvgIpc) is 2.27. The van der Waals surface area contributed by atoms with Gasteiger partial charge in [-0.05, 0) is 48.8 Å². The number of carbonyl (C=O) groups is 1. The Balaban J connectivity index is 2.48. The van der Waals surface area contributed by atoms with Crippen LogP contribution in [0.3, 0.4) is 0 Å². The normalized spacial score (nSPS) is 10.8. The Morgan fingerprint density at radius 2 is 2.00 bits per heavy atom. The molecule has 0 saturated carbocycles. The summed E-state index contributed by atoms with van der Waals surface area (Å²) in [4.78, 5) is 13.9. The van der Waals surface area contributed by atoms with Crippen molar-refractivity contribution in [2.24, 2.45) is 0 Å². The largest absolute Gasteiger partial charge is 0.318 e. The number of hydrogen-bond donors (Lipinski definition) is 1. The van der Waals surface area contributed by atoms with Crippen molar-refractivity contribution in [1.29, 1.82) is 0 Å². The summed E-state index contributed by atoms with van der Waals surface area (Å²) in [5, 5.41) is 3.07. The van der Waals surface area contributed by atoms with E-state index in [9.17, 15) is 4.79 Å². The highest BCUT2D eigenvalue weighted by Gasteiger charge is 2.08. The van der Waals surface area contributed by atoms with Gasteiger partial charge in [-0.3, -0.25) is 9.69 Å². The van der Waals surface area contributed by atoms with E-state index in [-0.39, 0.29) is 5.78 Å². The second-order valence-corrected chi connectivity index (χ2v) is 5.02. The van der Waals surface area contributed by atoms with Crippen LogP contribution in [0.1, 0.15) is 10.4 Å². The third kappa shape index (κ3) is 4.59. The Morgan fingerprint density at radius 1 is 1.38 bits per heavy atom. The number of hydrogen-bond acceptors (Lipinski definition) is 3. The van der Waals surface area contributed by atoms with Crippen LogP contribution in [-0.2, 0) is 0 Å². The molecule has 0 aliphatic heterocycles. The predicted octanol–water partition coefficient (Wildman–Crippen LogP) is 1.63. The lowest BCUT2D eigenvalue weighted by Crippen LogP contribution is -2.31. The number of Topliss-reactive ketones (excluding diaryl/α,β-unsaturated/α-hetero) is 1. The van der Waals surface area contributed by atoms with Gasteiger partial charge in [-0.2, -0.15) is 0 Å². The van der Waals surface area contributed by atoms with E-state index in [1.807, 2.05) is 43.3 Å². The topological polar surface area (TPSA) is 32.3 Å². The fourth-order valence-corrected chi connectivity index (χ4v) is 1.71. The van der Waals surface area contributed by atoms with E-state index in [2.05, 4.69) is 27.9 Å². The van der Waals surface area contributed by atoms with E-state index in [0.717, 1.165) is 22.2 Å². The van der Waals surface area contributed by atoms with Crippen molar-refractivity contribution in [3.05, 3.63) is 33.4 Å². The first-order valence-corrected chi connectivity index (χ1v) is 6.33. The Labute approximate surface area is 110 Å². The van der Waals surface area contributed by atoms with Crippen molar-refractivity contribution in [3.8, 4) is 0 Å². The molecule has 0 aliphatic carbocycles. The molecule has 0 radical (unpaired) electrons. The first-order chi connectivity index (χ1) is 7.63. The van der Waals surface area contributed by atoms with Gasteiger partial charge in [0.05, 0.1) is 6.54 Å². The fraction of sp³-hybridized carbons (Fsp3) is 0.417. The van der Waals surface area contributed by atoms with Gasteiger partial charge in [0.2, 0.25) is 0 Å². The summed E-state index contributed by atoms with van der Waals surface area (Å²) in [6.07, 6.45) is 0. The van der Waals surface area contributed by atoms with Gasteiger partial charge in [-0.1, -0.05) is 12.1 Å². The lowest BCUT2D eigenvalue weighted by atomic mass is 10.1. The number of rotatable bonds is 6. The number of ketones is 1. The summed E-state index contributed by atoms with van der Waals surface area (Å²) < 4.78 is 1.15. The highest BCUT2D eigenvalue weighted by Crippen LogP contribution is 2.07. The molecule has 1 rings (SSSR count). The predicted molar refractivity (Wildman–Crippen MR) is 74.9 cm³/mol. The molecule has 3 nitrogen and oxygen atoms in total. The maximum Gasteiger partial charge on any atom is 0.176 e. The Morgan fingerprint density at radius 3 is 2.56 bits per heavy atom. The maximum atomic E-state index is 11.9. The third-order valence-corrected chi connectivity index (χ3v) is 3.04. The molecule has 88 valence electrons. The zero-order valence-corrected chi connectivity index (χ0v) is 11.8.